The first kappa shape index (κ1) is 21.2. The van der Waals surface area contributed by atoms with Crippen LogP contribution in [-0.4, -0.2) is 37.2 Å². The van der Waals surface area contributed by atoms with Gasteiger partial charge in [0.05, 0.1) is 21.2 Å². The van der Waals surface area contributed by atoms with Gasteiger partial charge in [-0.3, -0.25) is 4.79 Å². The van der Waals surface area contributed by atoms with E-state index in [0.717, 1.165) is 27.2 Å². The van der Waals surface area contributed by atoms with Crippen LogP contribution in [0.4, 0.5) is 0 Å². The quantitative estimate of drug-likeness (QED) is 0.419. The van der Waals surface area contributed by atoms with E-state index in [-0.39, 0.29) is 23.9 Å². The van der Waals surface area contributed by atoms with Crippen molar-refractivity contribution in [3.8, 4) is 5.69 Å². The highest BCUT2D eigenvalue weighted by molar-refractivity contribution is 7.89. The molecule has 0 aliphatic rings. The lowest BCUT2D eigenvalue weighted by Crippen LogP contribution is -2.34. The zero-order valence-electron chi connectivity index (χ0n) is 17.1. The van der Waals surface area contributed by atoms with Crippen LogP contribution in [0.3, 0.4) is 0 Å². The molecule has 0 aliphatic heterocycles. The van der Waals surface area contributed by atoms with Crippen molar-refractivity contribution in [2.75, 3.05) is 13.1 Å². The Morgan fingerprint density at radius 2 is 1.74 bits per heavy atom. The van der Waals surface area contributed by atoms with Gasteiger partial charge in [0.25, 0.3) is 5.91 Å². The fourth-order valence-electron chi connectivity index (χ4n) is 3.15. The van der Waals surface area contributed by atoms with Crippen molar-refractivity contribution < 1.29 is 13.2 Å². The molecule has 0 bridgehead atoms. The van der Waals surface area contributed by atoms with Crippen molar-refractivity contribution in [2.45, 2.75) is 18.7 Å². The number of nitrogens with one attached hydrogen (secondary N) is 2. The summed E-state index contributed by atoms with van der Waals surface area (Å²) in [5.41, 5.74) is 2.76. The molecule has 2 heterocycles. The van der Waals surface area contributed by atoms with Gasteiger partial charge >= 0.3 is 0 Å². The monoisotopic (exact) mass is 454 g/mol. The number of thiophene rings is 1. The number of benzene rings is 2. The molecule has 4 aromatic rings. The molecule has 1 amide bonds. The van der Waals surface area contributed by atoms with E-state index in [9.17, 15) is 13.2 Å². The lowest BCUT2D eigenvalue weighted by atomic mass is 10.2. The largest absolute Gasteiger partial charge is 0.350 e. The summed E-state index contributed by atoms with van der Waals surface area (Å²) in [4.78, 5) is 14.3. The Kier molecular flexibility index (Phi) is 5.90. The third-order valence-electron chi connectivity index (χ3n) is 4.80. The number of amides is 1. The number of aromatic nitrogens is 2. The van der Waals surface area contributed by atoms with Crippen molar-refractivity contribution in [2.24, 2.45) is 0 Å². The number of carbonyl (C=O) groups excluding carboxylic acids is 1. The summed E-state index contributed by atoms with van der Waals surface area (Å²) in [6.07, 6.45) is 0. The summed E-state index contributed by atoms with van der Waals surface area (Å²) >= 11 is 1.36. The molecule has 0 saturated heterocycles. The van der Waals surface area contributed by atoms with Gasteiger partial charge < -0.3 is 5.32 Å². The molecule has 0 radical (unpaired) electrons. The number of nitrogens with zero attached hydrogens (tertiary/aromatic N) is 2. The van der Waals surface area contributed by atoms with Gasteiger partial charge in [-0.25, -0.2) is 17.8 Å². The number of fused-ring (bicyclic) bond motifs is 1. The van der Waals surface area contributed by atoms with E-state index in [1.807, 2.05) is 54.9 Å². The van der Waals surface area contributed by atoms with Crippen molar-refractivity contribution >= 4 is 37.5 Å². The molecule has 0 spiro atoms. The minimum Gasteiger partial charge on any atom is -0.350 e. The topological polar surface area (TPSA) is 93.1 Å². The highest BCUT2D eigenvalue weighted by Crippen LogP contribution is 2.30. The highest BCUT2D eigenvalue weighted by Gasteiger charge is 2.17. The maximum Gasteiger partial charge on any atom is 0.261 e. The van der Waals surface area contributed by atoms with Crippen LogP contribution in [0.5, 0.6) is 0 Å². The van der Waals surface area contributed by atoms with Gasteiger partial charge in [-0.2, -0.15) is 5.10 Å². The first-order valence-corrected chi connectivity index (χ1v) is 12.0. The number of para-hydroxylation sites is 1. The van der Waals surface area contributed by atoms with Crippen LogP contribution in [0.15, 0.2) is 65.6 Å². The fourth-order valence-corrected chi connectivity index (χ4v) is 5.28. The van der Waals surface area contributed by atoms with Crippen LogP contribution >= 0.6 is 11.3 Å². The van der Waals surface area contributed by atoms with Gasteiger partial charge in [0.2, 0.25) is 10.0 Å². The molecule has 4 rings (SSSR count). The predicted octanol–water partition coefficient (Wildman–Crippen LogP) is 3.41. The normalized spacial score (nSPS) is 11.7. The van der Waals surface area contributed by atoms with Crippen LogP contribution in [0, 0.1) is 13.8 Å². The van der Waals surface area contributed by atoms with E-state index < -0.39 is 10.0 Å². The number of hydrogen-bond donors (Lipinski definition) is 2. The van der Waals surface area contributed by atoms with E-state index in [2.05, 4.69) is 15.1 Å². The number of hydrogen-bond acceptors (Lipinski definition) is 5. The Labute approximate surface area is 184 Å². The molecule has 2 aromatic carbocycles. The van der Waals surface area contributed by atoms with Crippen molar-refractivity contribution in [1.82, 2.24) is 19.8 Å². The van der Waals surface area contributed by atoms with E-state index >= 15 is 0 Å². The lowest BCUT2D eigenvalue weighted by Gasteiger charge is -2.08. The summed E-state index contributed by atoms with van der Waals surface area (Å²) in [5.74, 6) is -0.241. The number of aryl methyl sites for hydroxylation is 2. The standard InChI is InChI=1S/C22H22N4O3S2/c1-15-8-10-18(11-9-15)31(28,29)24-13-12-23-21(27)20-14-19-16(2)25-26(22(19)30-20)17-6-4-3-5-7-17/h3-11,14,24H,12-13H2,1-2H3,(H,23,27). The van der Waals surface area contributed by atoms with Gasteiger partial charge in [-0.05, 0) is 44.2 Å². The van der Waals surface area contributed by atoms with Crippen LogP contribution in [0.25, 0.3) is 15.9 Å². The van der Waals surface area contributed by atoms with Crippen molar-refractivity contribution in [3.05, 3.63) is 76.8 Å². The average Bonchev–Trinajstić information content (AvgIpc) is 3.33. The third-order valence-corrected chi connectivity index (χ3v) is 7.39. The Balaban J connectivity index is 1.41. The lowest BCUT2D eigenvalue weighted by molar-refractivity contribution is 0.0958. The smallest absolute Gasteiger partial charge is 0.261 e. The van der Waals surface area contributed by atoms with E-state index in [4.69, 9.17) is 0 Å². The number of carbonyl (C=O) groups is 1. The van der Waals surface area contributed by atoms with Gasteiger partial charge in [0.1, 0.15) is 4.83 Å². The molecule has 7 nitrogen and oxygen atoms in total. The minimum absolute atomic E-state index is 0.101. The fraction of sp³-hybridized carbons (Fsp3) is 0.182. The molecule has 0 saturated carbocycles. The molecule has 0 unspecified atom stereocenters. The maximum absolute atomic E-state index is 12.6. The zero-order valence-corrected chi connectivity index (χ0v) is 18.8. The Hall–Kier alpha value is -3.01. The van der Waals surface area contributed by atoms with Crippen LogP contribution < -0.4 is 10.0 Å². The Morgan fingerprint density at radius 1 is 1.03 bits per heavy atom. The van der Waals surface area contributed by atoms with Crippen LogP contribution in [-0.2, 0) is 10.0 Å². The van der Waals surface area contributed by atoms with E-state index in [0.29, 0.717) is 4.88 Å². The summed E-state index contributed by atoms with van der Waals surface area (Å²) in [7, 11) is -3.60. The predicted molar refractivity (Wildman–Crippen MR) is 122 cm³/mol. The second-order valence-electron chi connectivity index (χ2n) is 7.13. The highest BCUT2D eigenvalue weighted by atomic mass is 32.2. The van der Waals surface area contributed by atoms with Gasteiger partial charge in [0.15, 0.2) is 0 Å². The summed E-state index contributed by atoms with van der Waals surface area (Å²) in [5, 5.41) is 8.28. The molecular formula is C22H22N4O3S2. The molecule has 0 atom stereocenters. The van der Waals surface area contributed by atoms with Crippen LogP contribution in [0.2, 0.25) is 0 Å². The van der Waals surface area contributed by atoms with E-state index in [1.54, 1.807) is 24.3 Å². The summed E-state index contributed by atoms with van der Waals surface area (Å²) in [6, 6.07) is 18.2. The molecule has 160 valence electrons. The van der Waals surface area contributed by atoms with E-state index in [1.165, 1.54) is 11.3 Å². The van der Waals surface area contributed by atoms with Crippen molar-refractivity contribution in [1.29, 1.82) is 0 Å². The first-order valence-electron chi connectivity index (χ1n) is 9.74. The molecule has 2 aromatic heterocycles. The zero-order chi connectivity index (χ0) is 22.0. The second kappa shape index (κ2) is 8.62. The first-order chi connectivity index (χ1) is 14.8. The van der Waals surface area contributed by atoms with Crippen molar-refractivity contribution in [3.63, 3.8) is 0 Å². The Bertz CT molecular complexity index is 1320. The molecule has 31 heavy (non-hydrogen) atoms. The Morgan fingerprint density at radius 3 is 2.45 bits per heavy atom. The van der Waals surface area contributed by atoms with Gasteiger partial charge in [-0.15, -0.1) is 11.3 Å². The maximum atomic E-state index is 12.6. The van der Waals surface area contributed by atoms with Gasteiger partial charge in [0, 0.05) is 18.5 Å². The third kappa shape index (κ3) is 4.53. The minimum atomic E-state index is -3.60. The van der Waals surface area contributed by atoms with Gasteiger partial charge in [-0.1, -0.05) is 35.9 Å². The molecule has 0 fully saturated rings. The average molecular weight is 455 g/mol. The van der Waals surface area contributed by atoms with Crippen LogP contribution in [0.1, 0.15) is 20.9 Å². The molecule has 2 N–H and O–H groups in total. The number of sulfonamides is 1. The number of rotatable bonds is 7. The molecular weight excluding hydrogens is 432 g/mol. The molecule has 0 aliphatic carbocycles. The summed E-state index contributed by atoms with van der Waals surface area (Å²) in [6.45, 7) is 4.09. The SMILES string of the molecule is Cc1ccc(S(=O)(=O)NCCNC(=O)c2cc3c(C)nn(-c4ccccc4)c3s2)cc1. The molecule has 9 heteroatoms. The second-order valence-corrected chi connectivity index (χ2v) is 9.93. The summed E-state index contributed by atoms with van der Waals surface area (Å²) < 4.78 is 29.0.